The van der Waals surface area contributed by atoms with E-state index in [4.69, 9.17) is 0 Å². The van der Waals surface area contributed by atoms with Crippen LogP contribution in [0.25, 0.3) is 22.2 Å². The van der Waals surface area contributed by atoms with Gasteiger partial charge in [0.15, 0.2) is 0 Å². The molecule has 4 aromatic rings. The SMILES string of the molecule is Cn1cc(NC(=O)CCc2c(-c3ccccc3)[nH]c3ccc(F)cc23)cn1. The molecule has 2 aromatic heterocycles. The molecular formula is C21H19FN4O. The van der Waals surface area contributed by atoms with Gasteiger partial charge in [-0.05, 0) is 35.7 Å². The monoisotopic (exact) mass is 362 g/mol. The quantitative estimate of drug-likeness (QED) is 0.557. The number of nitrogens with one attached hydrogen (secondary N) is 2. The number of H-pyrrole nitrogens is 1. The number of anilines is 1. The van der Waals surface area contributed by atoms with Crippen molar-refractivity contribution in [2.24, 2.45) is 7.05 Å². The molecule has 0 aliphatic heterocycles. The van der Waals surface area contributed by atoms with Crippen LogP contribution in [0.15, 0.2) is 60.9 Å². The van der Waals surface area contributed by atoms with E-state index in [1.54, 1.807) is 30.2 Å². The molecule has 0 aliphatic rings. The first-order valence-corrected chi connectivity index (χ1v) is 8.74. The van der Waals surface area contributed by atoms with Crippen LogP contribution < -0.4 is 5.32 Å². The summed E-state index contributed by atoms with van der Waals surface area (Å²) in [5, 5.41) is 7.69. The average Bonchev–Trinajstić information content (AvgIpc) is 3.23. The van der Waals surface area contributed by atoms with Crippen LogP contribution >= 0.6 is 0 Å². The summed E-state index contributed by atoms with van der Waals surface area (Å²) in [5.74, 6) is -0.394. The van der Waals surface area contributed by atoms with Gasteiger partial charge in [-0.25, -0.2) is 4.39 Å². The van der Waals surface area contributed by atoms with Gasteiger partial charge < -0.3 is 10.3 Å². The molecular weight excluding hydrogens is 343 g/mol. The molecule has 4 rings (SSSR count). The molecule has 0 atom stereocenters. The molecule has 1 amide bonds. The molecule has 2 N–H and O–H groups in total. The van der Waals surface area contributed by atoms with E-state index in [0.717, 1.165) is 27.7 Å². The van der Waals surface area contributed by atoms with Crippen molar-refractivity contribution in [2.75, 3.05) is 5.32 Å². The minimum Gasteiger partial charge on any atom is -0.354 e. The van der Waals surface area contributed by atoms with E-state index in [1.165, 1.54) is 12.1 Å². The number of aromatic amines is 1. The van der Waals surface area contributed by atoms with Gasteiger partial charge in [0.2, 0.25) is 5.91 Å². The van der Waals surface area contributed by atoms with Crippen LogP contribution in [0.1, 0.15) is 12.0 Å². The molecule has 0 radical (unpaired) electrons. The zero-order valence-electron chi connectivity index (χ0n) is 14.9. The summed E-state index contributed by atoms with van der Waals surface area (Å²) in [5.41, 5.74) is 4.40. The van der Waals surface area contributed by atoms with E-state index in [1.807, 2.05) is 30.3 Å². The highest BCUT2D eigenvalue weighted by molar-refractivity contribution is 5.93. The molecule has 0 spiro atoms. The molecule has 0 saturated carbocycles. The molecule has 136 valence electrons. The Bertz CT molecular complexity index is 1100. The molecule has 0 unspecified atom stereocenters. The van der Waals surface area contributed by atoms with E-state index in [9.17, 15) is 9.18 Å². The molecule has 2 heterocycles. The van der Waals surface area contributed by atoms with Crippen molar-refractivity contribution in [1.29, 1.82) is 0 Å². The number of amides is 1. The van der Waals surface area contributed by atoms with E-state index >= 15 is 0 Å². The van der Waals surface area contributed by atoms with Crippen LogP contribution in [0, 0.1) is 5.82 Å². The number of hydrogen-bond acceptors (Lipinski definition) is 2. The van der Waals surface area contributed by atoms with Crippen LogP contribution in [0.5, 0.6) is 0 Å². The van der Waals surface area contributed by atoms with Gasteiger partial charge in [-0.3, -0.25) is 9.48 Å². The highest BCUT2D eigenvalue weighted by Gasteiger charge is 2.15. The van der Waals surface area contributed by atoms with Crippen molar-refractivity contribution in [1.82, 2.24) is 14.8 Å². The summed E-state index contributed by atoms with van der Waals surface area (Å²) in [4.78, 5) is 15.7. The number of halogens is 1. The van der Waals surface area contributed by atoms with Gasteiger partial charge >= 0.3 is 0 Å². The zero-order chi connectivity index (χ0) is 18.8. The number of carbonyl (C=O) groups excluding carboxylic acids is 1. The Morgan fingerprint density at radius 1 is 1.22 bits per heavy atom. The second kappa shape index (κ2) is 7.07. The largest absolute Gasteiger partial charge is 0.354 e. The first-order valence-electron chi connectivity index (χ1n) is 8.74. The third-order valence-electron chi connectivity index (χ3n) is 4.52. The van der Waals surface area contributed by atoms with Gasteiger partial charge in [-0.2, -0.15) is 5.10 Å². The Morgan fingerprint density at radius 2 is 2.04 bits per heavy atom. The van der Waals surface area contributed by atoms with Crippen LogP contribution in [0.3, 0.4) is 0 Å². The Labute approximate surface area is 155 Å². The number of aromatic nitrogens is 3. The Kier molecular flexibility index (Phi) is 4.46. The second-order valence-electron chi connectivity index (χ2n) is 6.49. The highest BCUT2D eigenvalue weighted by Crippen LogP contribution is 2.31. The summed E-state index contributed by atoms with van der Waals surface area (Å²) < 4.78 is 15.4. The third-order valence-corrected chi connectivity index (χ3v) is 4.52. The summed E-state index contributed by atoms with van der Waals surface area (Å²) in [6.07, 6.45) is 4.14. The minimum atomic E-state index is -0.290. The number of hydrogen-bond donors (Lipinski definition) is 2. The standard InChI is InChI=1S/C21H19FN4O/c1-26-13-16(12-23-26)24-20(27)10-8-17-18-11-15(22)7-9-19(18)25-21(17)14-5-3-2-4-6-14/h2-7,9,11-13,25H,8,10H2,1H3,(H,24,27). The summed E-state index contributed by atoms with van der Waals surface area (Å²) >= 11 is 0. The van der Waals surface area contributed by atoms with Crippen molar-refractivity contribution in [2.45, 2.75) is 12.8 Å². The number of fused-ring (bicyclic) bond motifs is 1. The fraction of sp³-hybridized carbons (Fsp3) is 0.143. The fourth-order valence-electron chi connectivity index (χ4n) is 3.28. The van der Waals surface area contributed by atoms with Crippen molar-refractivity contribution in [3.05, 3.63) is 72.3 Å². The number of carbonyl (C=O) groups is 1. The Hall–Kier alpha value is -3.41. The highest BCUT2D eigenvalue weighted by atomic mass is 19.1. The number of rotatable bonds is 5. The maximum Gasteiger partial charge on any atom is 0.224 e. The summed E-state index contributed by atoms with van der Waals surface area (Å²) in [6, 6.07) is 14.6. The van der Waals surface area contributed by atoms with E-state index in [-0.39, 0.29) is 18.1 Å². The summed E-state index contributed by atoms with van der Waals surface area (Å²) in [6.45, 7) is 0. The Morgan fingerprint density at radius 3 is 2.78 bits per heavy atom. The lowest BCUT2D eigenvalue weighted by atomic mass is 10.0. The normalized spacial score (nSPS) is 11.0. The van der Waals surface area contributed by atoms with Gasteiger partial charge in [-0.15, -0.1) is 0 Å². The number of nitrogens with zero attached hydrogens (tertiary/aromatic N) is 2. The average molecular weight is 362 g/mol. The number of benzene rings is 2. The zero-order valence-corrected chi connectivity index (χ0v) is 14.9. The van der Waals surface area contributed by atoms with Gasteiger partial charge in [-0.1, -0.05) is 30.3 Å². The predicted octanol–water partition coefficient (Wildman–Crippen LogP) is 4.28. The van der Waals surface area contributed by atoms with Crippen molar-refractivity contribution in [3.63, 3.8) is 0 Å². The van der Waals surface area contributed by atoms with Crippen LogP contribution in [0.4, 0.5) is 10.1 Å². The molecule has 27 heavy (non-hydrogen) atoms. The molecule has 0 bridgehead atoms. The molecule has 0 aliphatic carbocycles. The molecule has 2 aromatic carbocycles. The van der Waals surface area contributed by atoms with E-state index in [2.05, 4.69) is 15.4 Å². The van der Waals surface area contributed by atoms with Crippen molar-refractivity contribution < 1.29 is 9.18 Å². The molecule has 0 fully saturated rings. The van der Waals surface area contributed by atoms with Crippen molar-refractivity contribution in [3.8, 4) is 11.3 Å². The molecule has 6 heteroatoms. The second-order valence-corrected chi connectivity index (χ2v) is 6.49. The number of aryl methyl sites for hydroxylation is 2. The maximum absolute atomic E-state index is 13.8. The van der Waals surface area contributed by atoms with Gasteiger partial charge in [0.25, 0.3) is 0 Å². The Balaban J connectivity index is 1.63. The van der Waals surface area contributed by atoms with Gasteiger partial charge in [0.05, 0.1) is 11.9 Å². The molecule has 5 nitrogen and oxygen atoms in total. The lowest BCUT2D eigenvalue weighted by Gasteiger charge is -2.06. The fourth-order valence-corrected chi connectivity index (χ4v) is 3.28. The van der Waals surface area contributed by atoms with Crippen LogP contribution in [0.2, 0.25) is 0 Å². The minimum absolute atomic E-state index is 0.104. The van der Waals surface area contributed by atoms with Crippen LogP contribution in [-0.2, 0) is 18.3 Å². The topological polar surface area (TPSA) is 62.7 Å². The lowest BCUT2D eigenvalue weighted by molar-refractivity contribution is -0.116. The van der Waals surface area contributed by atoms with E-state index < -0.39 is 0 Å². The van der Waals surface area contributed by atoms with Crippen molar-refractivity contribution >= 4 is 22.5 Å². The lowest BCUT2D eigenvalue weighted by Crippen LogP contribution is -2.12. The molecule has 0 saturated heterocycles. The smallest absolute Gasteiger partial charge is 0.224 e. The maximum atomic E-state index is 13.8. The van der Waals surface area contributed by atoms with Gasteiger partial charge in [0, 0.05) is 36.3 Å². The first-order chi connectivity index (χ1) is 13.1. The van der Waals surface area contributed by atoms with Gasteiger partial charge in [0.1, 0.15) is 5.82 Å². The predicted molar refractivity (Wildman–Crippen MR) is 104 cm³/mol. The van der Waals surface area contributed by atoms with E-state index in [0.29, 0.717) is 12.1 Å². The third kappa shape index (κ3) is 3.60. The summed E-state index contributed by atoms with van der Waals surface area (Å²) in [7, 11) is 1.79. The van der Waals surface area contributed by atoms with Crippen LogP contribution in [-0.4, -0.2) is 20.7 Å². The first kappa shape index (κ1) is 17.0.